The van der Waals surface area contributed by atoms with E-state index in [1.165, 1.54) is 54.6 Å². The predicted octanol–water partition coefficient (Wildman–Crippen LogP) is 16.4. The van der Waals surface area contributed by atoms with Gasteiger partial charge in [-0.1, -0.05) is 141 Å². The first-order chi connectivity index (χ1) is 29.5. The van der Waals surface area contributed by atoms with Crippen molar-refractivity contribution in [3.05, 3.63) is 199 Å². The molecule has 0 N–H and O–H groups in total. The molecule has 3 heteroatoms. The van der Waals surface area contributed by atoms with Gasteiger partial charge in [-0.3, -0.25) is 0 Å². The van der Waals surface area contributed by atoms with E-state index >= 15 is 0 Å². The summed E-state index contributed by atoms with van der Waals surface area (Å²) in [4.78, 5) is 2.42. The second-order valence-corrected chi connectivity index (χ2v) is 16.8. The van der Waals surface area contributed by atoms with E-state index in [9.17, 15) is 0 Å². The molecule has 10 aromatic carbocycles. The monoisotopic (exact) mass is 767 g/mol. The Morgan fingerprint density at radius 1 is 0.350 bits per heavy atom. The molecule has 0 atom stereocenters. The molecule has 0 aliphatic heterocycles. The molecule has 0 amide bonds. The standard InChI is InChI=1S/C57H37NO2/c1-57(2)49-22-12-10-20-43(49)44-27-25-36(33-50(44)57)58(35-14-4-3-5-15-35)37-31-46(34-24-26-42-40-18-7-6-16-38(40)39-17-8-9-19-41(39)47(42)30-34)56-48(32-37)55-53(60-56)29-28-52-54(55)45-21-11-13-23-51(45)59-52/h3-33H,1-2H3. The quantitative estimate of drug-likeness (QED) is 0.167. The number of para-hydroxylation sites is 2. The maximum absolute atomic E-state index is 7.04. The molecule has 2 heterocycles. The van der Waals surface area contributed by atoms with Gasteiger partial charge in [0.05, 0.1) is 0 Å². The normalized spacial score (nSPS) is 13.3. The van der Waals surface area contributed by atoms with Gasteiger partial charge in [-0.15, -0.1) is 0 Å². The number of hydrogen-bond acceptors (Lipinski definition) is 3. The van der Waals surface area contributed by atoms with E-state index in [0.29, 0.717) is 0 Å². The Bertz CT molecular complexity index is 3720. The van der Waals surface area contributed by atoms with Crippen molar-refractivity contribution < 1.29 is 8.83 Å². The van der Waals surface area contributed by atoms with Crippen LogP contribution in [0.15, 0.2) is 197 Å². The van der Waals surface area contributed by atoms with Crippen molar-refractivity contribution in [2.24, 2.45) is 0 Å². The Labute approximate surface area is 346 Å². The van der Waals surface area contributed by atoms with Crippen molar-refractivity contribution in [2.75, 3.05) is 4.90 Å². The molecule has 0 radical (unpaired) electrons. The van der Waals surface area contributed by atoms with Gasteiger partial charge in [-0.2, -0.15) is 0 Å². The zero-order valence-corrected chi connectivity index (χ0v) is 33.2. The van der Waals surface area contributed by atoms with Crippen molar-refractivity contribution in [3.63, 3.8) is 0 Å². The van der Waals surface area contributed by atoms with Crippen LogP contribution in [0.4, 0.5) is 17.1 Å². The van der Waals surface area contributed by atoms with Crippen LogP contribution < -0.4 is 4.90 Å². The highest BCUT2D eigenvalue weighted by Gasteiger charge is 2.36. The molecule has 60 heavy (non-hydrogen) atoms. The molecule has 2 aromatic heterocycles. The molecule has 0 bridgehead atoms. The summed E-state index contributed by atoms with van der Waals surface area (Å²) in [7, 11) is 0. The molecule has 12 aromatic rings. The molecule has 1 aliphatic rings. The number of hydrogen-bond donors (Lipinski definition) is 0. The van der Waals surface area contributed by atoms with Gasteiger partial charge in [0.2, 0.25) is 0 Å². The predicted molar refractivity (Wildman–Crippen MR) is 251 cm³/mol. The van der Waals surface area contributed by atoms with Crippen molar-refractivity contribution in [3.8, 4) is 22.3 Å². The summed E-state index contributed by atoms with van der Waals surface area (Å²) in [5.41, 5.74) is 13.9. The summed E-state index contributed by atoms with van der Waals surface area (Å²) >= 11 is 0. The van der Waals surface area contributed by atoms with Crippen LogP contribution in [0.25, 0.3) is 98.4 Å². The fourth-order valence-corrected chi connectivity index (χ4v) is 10.4. The third-order valence-electron chi connectivity index (χ3n) is 13.2. The van der Waals surface area contributed by atoms with Gasteiger partial charge < -0.3 is 13.7 Å². The van der Waals surface area contributed by atoms with E-state index in [2.05, 4.69) is 195 Å². The molecule has 0 fully saturated rings. The van der Waals surface area contributed by atoms with E-state index in [-0.39, 0.29) is 5.41 Å². The zero-order valence-electron chi connectivity index (χ0n) is 33.2. The SMILES string of the molecule is CC1(C)c2ccccc2-c2ccc(N(c3ccccc3)c3cc(-c4ccc5c6ccccc6c6ccccc6c5c4)c4oc5ccc6oc7ccccc7c6c5c4c3)cc21. The average molecular weight is 768 g/mol. The van der Waals surface area contributed by atoms with Gasteiger partial charge in [0.25, 0.3) is 0 Å². The lowest BCUT2D eigenvalue weighted by molar-refractivity contribution is 0.660. The summed E-state index contributed by atoms with van der Waals surface area (Å²) in [6.45, 7) is 4.70. The molecular weight excluding hydrogens is 731 g/mol. The lowest BCUT2D eigenvalue weighted by Gasteiger charge is -2.28. The molecule has 0 unspecified atom stereocenters. The van der Waals surface area contributed by atoms with Crippen LogP contribution in [0.2, 0.25) is 0 Å². The van der Waals surface area contributed by atoms with Crippen molar-refractivity contribution in [1.82, 2.24) is 0 Å². The molecule has 13 rings (SSSR count). The van der Waals surface area contributed by atoms with E-state index in [1.807, 2.05) is 12.1 Å². The topological polar surface area (TPSA) is 29.5 Å². The number of anilines is 3. The van der Waals surface area contributed by atoms with Crippen LogP contribution in [-0.2, 0) is 5.41 Å². The molecule has 0 spiro atoms. The van der Waals surface area contributed by atoms with E-state index in [0.717, 1.165) is 72.1 Å². The maximum atomic E-state index is 7.04. The smallest absolute Gasteiger partial charge is 0.143 e. The number of nitrogens with zero attached hydrogens (tertiary/aromatic N) is 1. The van der Waals surface area contributed by atoms with Crippen LogP contribution in [0.1, 0.15) is 25.0 Å². The first-order valence-corrected chi connectivity index (χ1v) is 20.7. The van der Waals surface area contributed by atoms with Gasteiger partial charge in [0, 0.05) is 49.6 Å². The van der Waals surface area contributed by atoms with Gasteiger partial charge >= 0.3 is 0 Å². The van der Waals surface area contributed by atoms with Crippen LogP contribution in [0, 0.1) is 0 Å². The first kappa shape index (κ1) is 33.4. The second kappa shape index (κ2) is 12.2. The Morgan fingerprint density at radius 3 is 1.72 bits per heavy atom. The summed E-state index contributed by atoms with van der Waals surface area (Å²) in [6.07, 6.45) is 0. The minimum Gasteiger partial charge on any atom is -0.456 e. The molecular formula is C57H37NO2. The minimum absolute atomic E-state index is 0.147. The van der Waals surface area contributed by atoms with Gasteiger partial charge in [0.1, 0.15) is 22.3 Å². The second-order valence-electron chi connectivity index (χ2n) is 16.8. The Hall–Kier alpha value is -7.62. The van der Waals surface area contributed by atoms with Crippen LogP contribution in [0.3, 0.4) is 0 Å². The molecule has 0 saturated heterocycles. The summed E-state index contributed by atoms with van der Waals surface area (Å²) in [5.74, 6) is 0. The fourth-order valence-electron chi connectivity index (χ4n) is 10.4. The number of furan rings is 2. The zero-order chi connectivity index (χ0) is 39.7. The first-order valence-electron chi connectivity index (χ1n) is 20.7. The molecule has 3 nitrogen and oxygen atoms in total. The molecule has 282 valence electrons. The maximum Gasteiger partial charge on any atom is 0.143 e. The van der Waals surface area contributed by atoms with Crippen LogP contribution in [0.5, 0.6) is 0 Å². The Balaban J connectivity index is 1.13. The number of fused-ring (bicyclic) bond motifs is 16. The average Bonchev–Trinajstić information content (AvgIpc) is 3.94. The highest BCUT2D eigenvalue weighted by molar-refractivity contribution is 6.28. The lowest BCUT2D eigenvalue weighted by atomic mass is 9.82. The van der Waals surface area contributed by atoms with Crippen molar-refractivity contribution in [2.45, 2.75) is 19.3 Å². The highest BCUT2D eigenvalue weighted by atomic mass is 16.3. The van der Waals surface area contributed by atoms with Crippen LogP contribution >= 0.6 is 0 Å². The third kappa shape index (κ3) is 4.60. The van der Waals surface area contributed by atoms with E-state index < -0.39 is 0 Å². The highest BCUT2D eigenvalue weighted by Crippen LogP contribution is 2.52. The van der Waals surface area contributed by atoms with Crippen LogP contribution in [-0.4, -0.2) is 0 Å². The summed E-state index contributed by atoms with van der Waals surface area (Å²) in [6, 6.07) is 68.3. The summed E-state index contributed by atoms with van der Waals surface area (Å²) in [5, 5.41) is 11.7. The van der Waals surface area contributed by atoms with Gasteiger partial charge in [0.15, 0.2) is 0 Å². The van der Waals surface area contributed by atoms with Crippen molar-refractivity contribution >= 4 is 93.3 Å². The van der Waals surface area contributed by atoms with E-state index in [4.69, 9.17) is 8.83 Å². The Morgan fingerprint density at radius 2 is 0.950 bits per heavy atom. The largest absolute Gasteiger partial charge is 0.456 e. The van der Waals surface area contributed by atoms with Gasteiger partial charge in [-0.25, -0.2) is 0 Å². The lowest BCUT2D eigenvalue weighted by Crippen LogP contribution is -2.16. The van der Waals surface area contributed by atoms with E-state index in [1.54, 1.807) is 0 Å². The fraction of sp³-hybridized carbons (Fsp3) is 0.0526. The Kier molecular flexibility index (Phi) is 6.78. The van der Waals surface area contributed by atoms with Crippen molar-refractivity contribution in [1.29, 1.82) is 0 Å². The molecule has 0 saturated carbocycles. The van der Waals surface area contributed by atoms with Gasteiger partial charge in [-0.05, 0) is 121 Å². The summed E-state index contributed by atoms with van der Waals surface area (Å²) < 4.78 is 13.5. The number of rotatable bonds is 4. The third-order valence-corrected chi connectivity index (χ3v) is 13.2. The minimum atomic E-state index is -0.147. The molecule has 1 aliphatic carbocycles. The number of benzene rings is 10.